The Labute approximate surface area is 187 Å². The maximum absolute atomic E-state index is 12.8. The number of ether oxygens (including phenoxy) is 2. The van der Waals surface area contributed by atoms with Gasteiger partial charge in [-0.3, -0.25) is 4.98 Å². The van der Waals surface area contributed by atoms with E-state index in [-0.39, 0.29) is 12.5 Å². The van der Waals surface area contributed by atoms with Crippen LogP contribution >= 0.6 is 0 Å². The number of carbonyl (C=O) groups excluding carboxylic acids is 2. The van der Waals surface area contributed by atoms with E-state index < -0.39 is 23.7 Å². The number of carbonyl (C=O) groups is 2. The van der Waals surface area contributed by atoms with Gasteiger partial charge in [0.2, 0.25) is 0 Å². The maximum atomic E-state index is 12.8. The number of amides is 1. The standard InChI is InChI=1S/C26H26N2O4/c1-26(2,3)32-24(29)23(17-12-14-27-15-13-17)28-25(30)31-16-22-20-10-6-4-8-18(20)19-9-5-7-11-21(19)22/h4-15,22-23H,16H2,1-3H3,(H,28,30). The number of nitrogens with one attached hydrogen (secondary N) is 1. The molecule has 6 nitrogen and oxygen atoms in total. The van der Waals surface area contributed by atoms with Gasteiger partial charge in [-0.05, 0) is 60.7 Å². The first-order chi connectivity index (χ1) is 15.3. The quantitative estimate of drug-likeness (QED) is 0.576. The Morgan fingerprint density at radius 1 is 0.938 bits per heavy atom. The number of nitrogens with zero attached hydrogens (tertiary/aromatic N) is 1. The molecule has 1 unspecified atom stereocenters. The summed E-state index contributed by atoms with van der Waals surface area (Å²) in [6.45, 7) is 5.50. The number of hydrogen-bond donors (Lipinski definition) is 1. The number of alkyl carbamates (subject to hydrolysis) is 1. The Morgan fingerprint density at radius 2 is 1.50 bits per heavy atom. The van der Waals surface area contributed by atoms with Crippen LogP contribution in [-0.4, -0.2) is 29.3 Å². The Balaban J connectivity index is 1.49. The van der Waals surface area contributed by atoms with Crippen molar-refractivity contribution in [3.05, 3.63) is 89.7 Å². The van der Waals surface area contributed by atoms with Crippen LogP contribution in [0.1, 0.15) is 49.4 Å². The molecule has 0 saturated heterocycles. The molecule has 1 amide bonds. The average Bonchev–Trinajstić information content (AvgIpc) is 3.09. The molecule has 0 aliphatic heterocycles. The van der Waals surface area contributed by atoms with Crippen molar-refractivity contribution in [2.24, 2.45) is 0 Å². The van der Waals surface area contributed by atoms with E-state index in [1.807, 2.05) is 24.3 Å². The van der Waals surface area contributed by atoms with Crippen molar-refractivity contribution in [2.45, 2.75) is 38.3 Å². The van der Waals surface area contributed by atoms with Gasteiger partial charge in [0.1, 0.15) is 12.2 Å². The molecule has 1 aliphatic rings. The molecule has 0 bridgehead atoms. The second-order valence-corrected chi connectivity index (χ2v) is 8.72. The summed E-state index contributed by atoms with van der Waals surface area (Å²) in [6.07, 6.45) is 2.44. The first kappa shape index (κ1) is 21.6. The summed E-state index contributed by atoms with van der Waals surface area (Å²) in [5.41, 5.74) is 4.44. The summed E-state index contributed by atoms with van der Waals surface area (Å²) in [5, 5.41) is 2.66. The zero-order valence-electron chi connectivity index (χ0n) is 18.4. The van der Waals surface area contributed by atoms with Crippen LogP contribution in [0.2, 0.25) is 0 Å². The molecule has 4 rings (SSSR count). The molecule has 3 aromatic rings. The average molecular weight is 431 g/mol. The summed E-state index contributed by atoms with van der Waals surface area (Å²) in [6, 6.07) is 18.6. The minimum atomic E-state index is -0.993. The monoisotopic (exact) mass is 430 g/mol. The largest absolute Gasteiger partial charge is 0.458 e. The molecule has 0 spiro atoms. The van der Waals surface area contributed by atoms with E-state index in [2.05, 4.69) is 34.6 Å². The highest BCUT2D eigenvalue weighted by molar-refractivity contribution is 5.83. The lowest BCUT2D eigenvalue weighted by molar-refractivity contribution is -0.157. The van der Waals surface area contributed by atoms with Crippen LogP contribution in [0.4, 0.5) is 4.79 Å². The molecule has 164 valence electrons. The van der Waals surface area contributed by atoms with Gasteiger partial charge in [0.25, 0.3) is 0 Å². The Hall–Kier alpha value is -3.67. The topological polar surface area (TPSA) is 77.5 Å². The molecule has 6 heteroatoms. The summed E-state index contributed by atoms with van der Waals surface area (Å²) in [4.78, 5) is 29.5. The summed E-state index contributed by atoms with van der Waals surface area (Å²) in [7, 11) is 0. The van der Waals surface area contributed by atoms with Crippen LogP contribution in [0, 0.1) is 0 Å². The summed E-state index contributed by atoms with van der Waals surface area (Å²) < 4.78 is 11.1. The Bertz CT molecular complexity index is 1080. The molecule has 0 saturated carbocycles. The number of fused-ring (bicyclic) bond motifs is 3. The Morgan fingerprint density at radius 3 is 2.06 bits per heavy atom. The molecular weight excluding hydrogens is 404 g/mol. The Kier molecular flexibility index (Phi) is 5.95. The zero-order chi connectivity index (χ0) is 22.7. The van der Waals surface area contributed by atoms with Gasteiger partial charge in [0, 0.05) is 18.3 Å². The highest BCUT2D eigenvalue weighted by Crippen LogP contribution is 2.44. The number of aromatic nitrogens is 1. The van der Waals surface area contributed by atoms with Crippen LogP contribution < -0.4 is 5.32 Å². The van der Waals surface area contributed by atoms with Crippen LogP contribution in [0.15, 0.2) is 73.1 Å². The van der Waals surface area contributed by atoms with Gasteiger partial charge in [0.05, 0.1) is 0 Å². The SMILES string of the molecule is CC(C)(C)OC(=O)C(NC(=O)OCC1c2ccccc2-c2ccccc21)c1ccncc1. The number of pyridine rings is 1. The molecule has 0 radical (unpaired) electrons. The zero-order valence-corrected chi connectivity index (χ0v) is 18.4. The van der Waals surface area contributed by atoms with Gasteiger partial charge in [-0.2, -0.15) is 0 Å². The van der Waals surface area contributed by atoms with E-state index in [0.29, 0.717) is 5.56 Å². The minimum Gasteiger partial charge on any atom is -0.458 e. The van der Waals surface area contributed by atoms with Crippen LogP contribution in [-0.2, 0) is 14.3 Å². The van der Waals surface area contributed by atoms with E-state index in [1.54, 1.807) is 45.3 Å². The van der Waals surface area contributed by atoms with Crippen LogP contribution in [0.25, 0.3) is 11.1 Å². The van der Waals surface area contributed by atoms with E-state index >= 15 is 0 Å². The van der Waals surface area contributed by atoms with Gasteiger partial charge in [0.15, 0.2) is 6.04 Å². The number of benzene rings is 2. The molecule has 1 aromatic heterocycles. The predicted octanol–water partition coefficient (Wildman–Crippen LogP) is 5.00. The fraction of sp³-hybridized carbons (Fsp3) is 0.269. The van der Waals surface area contributed by atoms with Crippen molar-refractivity contribution >= 4 is 12.1 Å². The molecule has 1 aliphatic carbocycles. The molecule has 0 fully saturated rings. The van der Waals surface area contributed by atoms with Crippen molar-refractivity contribution in [3.63, 3.8) is 0 Å². The van der Waals surface area contributed by atoms with Gasteiger partial charge < -0.3 is 14.8 Å². The third-order valence-electron chi connectivity index (χ3n) is 5.29. The molecule has 1 atom stereocenters. The van der Waals surface area contributed by atoms with Gasteiger partial charge in [-0.25, -0.2) is 9.59 Å². The molecule has 2 aromatic carbocycles. The minimum absolute atomic E-state index is 0.0611. The molecular formula is C26H26N2O4. The summed E-state index contributed by atoms with van der Waals surface area (Å²) in [5.74, 6) is -0.619. The van der Waals surface area contributed by atoms with Crippen LogP contribution in [0.5, 0.6) is 0 Å². The van der Waals surface area contributed by atoms with Crippen molar-refractivity contribution in [3.8, 4) is 11.1 Å². The van der Waals surface area contributed by atoms with Gasteiger partial charge in [-0.1, -0.05) is 48.5 Å². The predicted molar refractivity (Wildman–Crippen MR) is 121 cm³/mol. The first-order valence-electron chi connectivity index (χ1n) is 10.6. The van der Waals surface area contributed by atoms with Crippen molar-refractivity contribution < 1.29 is 19.1 Å². The second-order valence-electron chi connectivity index (χ2n) is 8.72. The van der Waals surface area contributed by atoms with Crippen molar-refractivity contribution in [2.75, 3.05) is 6.61 Å². The maximum Gasteiger partial charge on any atom is 0.408 e. The lowest BCUT2D eigenvalue weighted by atomic mass is 9.98. The van der Waals surface area contributed by atoms with E-state index in [0.717, 1.165) is 22.3 Å². The van der Waals surface area contributed by atoms with Gasteiger partial charge in [-0.15, -0.1) is 0 Å². The third kappa shape index (κ3) is 4.64. The van der Waals surface area contributed by atoms with Gasteiger partial charge >= 0.3 is 12.1 Å². The second kappa shape index (κ2) is 8.83. The molecule has 32 heavy (non-hydrogen) atoms. The number of rotatable bonds is 5. The van der Waals surface area contributed by atoms with Crippen molar-refractivity contribution in [1.82, 2.24) is 10.3 Å². The lowest BCUT2D eigenvalue weighted by Crippen LogP contribution is -2.38. The number of hydrogen-bond acceptors (Lipinski definition) is 5. The third-order valence-corrected chi connectivity index (χ3v) is 5.29. The smallest absolute Gasteiger partial charge is 0.408 e. The molecule has 1 heterocycles. The molecule has 1 N–H and O–H groups in total. The highest BCUT2D eigenvalue weighted by atomic mass is 16.6. The lowest BCUT2D eigenvalue weighted by Gasteiger charge is -2.25. The van der Waals surface area contributed by atoms with Crippen LogP contribution in [0.3, 0.4) is 0 Å². The fourth-order valence-electron chi connectivity index (χ4n) is 3.95. The fourth-order valence-corrected chi connectivity index (χ4v) is 3.95. The summed E-state index contributed by atoms with van der Waals surface area (Å²) >= 11 is 0. The highest BCUT2D eigenvalue weighted by Gasteiger charge is 2.31. The number of esters is 1. The first-order valence-corrected chi connectivity index (χ1v) is 10.6. The van der Waals surface area contributed by atoms with E-state index in [1.165, 1.54) is 0 Å². The van der Waals surface area contributed by atoms with E-state index in [4.69, 9.17) is 9.47 Å². The van der Waals surface area contributed by atoms with Crippen molar-refractivity contribution in [1.29, 1.82) is 0 Å². The normalized spacial score (nSPS) is 13.6. The van der Waals surface area contributed by atoms with E-state index in [9.17, 15) is 9.59 Å².